The Kier molecular flexibility index (Phi) is 3.38. The summed E-state index contributed by atoms with van der Waals surface area (Å²) in [5.74, 6) is 0. The van der Waals surface area contributed by atoms with Gasteiger partial charge in [0.2, 0.25) is 0 Å². The highest BCUT2D eigenvalue weighted by molar-refractivity contribution is 9.10. The highest BCUT2D eigenvalue weighted by Crippen LogP contribution is 2.30. The third kappa shape index (κ3) is 2.03. The minimum Gasteiger partial charge on any atom is -0.310 e. The number of rotatable bonds is 2. The maximum absolute atomic E-state index is 10.9. The first-order valence-electron chi connectivity index (χ1n) is 4.41. The van der Waals surface area contributed by atoms with Crippen molar-refractivity contribution in [3.8, 4) is 5.69 Å². The fourth-order valence-corrected chi connectivity index (χ4v) is 2.47. The van der Waals surface area contributed by atoms with Crippen molar-refractivity contribution in [3.63, 3.8) is 0 Å². The molecule has 0 N–H and O–H groups in total. The van der Waals surface area contributed by atoms with Gasteiger partial charge in [-0.2, -0.15) is 0 Å². The summed E-state index contributed by atoms with van der Waals surface area (Å²) in [5.41, 5.74) is 1.10. The van der Waals surface area contributed by atoms with Crippen molar-refractivity contribution in [2.45, 2.75) is 0 Å². The van der Waals surface area contributed by atoms with Gasteiger partial charge in [0.25, 0.3) is 0 Å². The third-order valence-corrected chi connectivity index (χ3v) is 3.16. The molecule has 82 valence electrons. The fraction of sp³-hybridized carbons (Fsp3) is 0. The second-order valence-electron chi connectivity index (χ2n) is 3.14. The lowest BCUT2D eigenvalue weighted by atomic mass is 10.3. The summed E-state index contributed by atoms with van der Waals surface area (Å²) in [4.78, 5) is 10.9. The standard InChI is InChI=1S/C11H6BrCl2NO/c12-7-4-8(6-16)15(5-7)11-9(13)2-1-3-10(11)14/h1-6H. The number of hydrogen-bond donors (Lipinski definition) is 0. The molecule has 0 saturated carbocycles. The van der Waals surface area contributed by atoms with Crippen molar-refractivity contribution < 1.29 is 4.79 Å². The number of carbonyl (C=O) groups excluding carboxylic acids is 1. The molecule has 0 unspecified atom stereocenters. The average molecular weight is 319 g/mol. The van der Waals surface area contributed by atoms with Crippen molar-refractivity contribution in [2.75, 3.05) is 0 Å². The van der Waals surface area contributed by atoms with Crippen LogP contribution in [0.1, 0.15) is 10.5 Å². The molecule has 1 aromatic carbocycles. The summed E-state index contributed by atoms with van der Waals surface area (Å²) in [5, 5.41) is 0.998. The van der Waals surface area contributed by atoms with Crippen LogP contribution in [0.5, 0.6) is 0 Å². The van der Waals surface area contributed by atoms with Gasteiger partial charge < -0.3 is 4.57 Å². The maximum atomic E-state index is 10.9. The van der Waals surface area contributed by atoms with Crippen molar-refractivity contribution in [1.82, 2.24) is 4.57 Å². The lowest BCUT2D eigenvalue weighted by Crippen LogP contribution is -1.99. The van der Waals surface area contributed by atoms with Crippen LogP contribution in [-0.4, -0.2) is 10.9 Å². The van der Waals surface area contributed by atoms with Crippen molar-refractivity contribution in [3.05, 3.63) is 50.7 Å². The molecule has 0 saturated heterocycles. The first kappa shape index (κ1) is 11.7. The van der Waals surface area contributed by atoms with Gasteiger partial charge in [0, 0.05) is 10.7 Å². The van der Waals surface area contributed by atoms with Gasteiger partial charge in [0.05, 0.1) is 21.4 Å². The molecule has 2 nitrogen and oxygen atoms in total. The number of nitrogens with zero attached hydrogens (tertiary/aromatic N) is 1. The van der Waals surface area contributed by atoms with Gasteiger partial charge in [-0.05, 0) is 34.1 Å². The molecule has 5 heteroatoms. The van der Waals surface area contributed by atoms with E-state index in [1.54, 1.807) is 35.0 Å². The third-order valence-electron chi connectivity index (χ3n) is 2.12. The highest BCUT2D eigenvalue weighted by atomic mass is 79.9. The first-order valence-corrected chi connectivity index (χ1v) is 5.96. The zero-order valence-corrected chi connectivity index (χ0v) is 11.1. The minimum atomic E-state index is 0.488. The topological polar surface area (TPSA) is 22.0 Å². The number of aldehydes is 1. The van der Waals surface area contributed by atoms with Gasteiger partial charge in [-0.3, -0.25) is 4.79 Å². The summed E-state index contributed by atoms with van der Waals surface area (Å²) < 4.78 is 2.45. The van der Waals surface area contributed by atoms with Gasteiger partial charge in [0.1, 0.15) is 0 Å². The summed E-state index contributed by atoms with van der Waals surface area (Å²) in [6.07, 6.45) is 2.50. The zero-order valence-electron chi connectivity index (χ0n) is 7.95. The Morgan fingerprint density at radius 1 is 1.25 bits per heavy atom. The molecular formula is C11H6BrCl2NO. The molecule has 0 amide bonds. The van der Waals surface area contributed by atoms with Crippen LogP contribution < -0.4 is 0 Å². The summed E-state index contributed by atoms with van der Waals surface area (Å²) >= 11 is 15.4. The van der Waals surface area contributed by atoms with E-state index in [9.17, 15) is 4.79 Å². The first-order chi connectivity index (χ1) is 7.63. The number of carbonyl (C=O) groups is 1. The Labute approximate surface area is 111 Å². The second kappa shape index (κ2) is 4.62. The van der Waals surface area contributed by atoms with E-state index >= 15 is 0 Å². The van der Waals surface area contributed by atoms with E-state index in [-0.39, 0.29) is 0 Å². The summed E-state index contributed by atoms with van der Waals surface area (Å²) in [6.45, 7) is 0. The molecule has 0 bridgehead atoms. The van der Waals surface area contributed by atoms with Crippen LogP contribution in [0.4, 0.5) is 0 Å². The molecule has 16 heavy (non-hydrogen) atoms. The van der Waals surface area contributed by atoms with Gasteiger partial charge in [-0.15, -0.1) is 0 Å². The van der Waals surface area contributed by atoms with Gasteiger partial charge in [-0.1, -0.05) is 29.3 Å². The normalized spacial score (nSPS) is 10.4. The van der Waals surface area contributed by atoms with Crippen LogP contribution in [0.3, 0.4) is 0 Å². The number of benzene rings is 1. The Balaban J connectivity index is 2.71. The molecule has 0 aliphatic carbocycles. The number of hydrogen-bond acceptors (Lipinski definition) is 1. The van der Waals surface area contributed by atoms with E-state index in [0.29, 0.717) is 21.4 Å². The number of aromatic nitrogens is 1. The second-order valence-corrected chi connectivity index (χ2v) is 4.87. The maximum Gasteiger partial charge on any atom is 0.166 e. The van der Waals surface area contributed by atoms with E-state index in [1.165, 1.54) is 0 Å². The summed E-state index contributed by atoms with van der Waals surface area (Å²) in [6, 6.07) is 6.91. The van der Waals surface area contributed by atoms with Gasteiger partial charge in [0.15, 0.2) is 6.29 Å². The van der Waals surface area contributed by atoms with E-state index in [0.717, 1.165) is 10.8 Å². The monoisotopic (exact) mass is 317 g/mol. The molecule has 0 aliphatic rings. The number of para-hydroxylation sites is 1. The van der Waals surface area contributed by atoms with Crippen molar-refractivity contribution in [2.24, 2.45) is 0 Å². The number of halogens is 3. The molecular weight excluding hydrogens is 313 g/mol. The summed E-state index contributed by atoms with van der Waals surface area (Å²) in [7, 11) is 0. The van der Waals surface area contributed by atoms with Crippen LogP contribution >= 0.6 is 39.1 Å². The quantitative estimate of drug-likeness (QED) is 0.754. The van der Waals surface area contributed by atoms with E-state index < -0.39 is 0 Å². The molecule has 0 fully saturated rings. The van der Waals surface area contributed by atoms with Gasteiger partial charge in [-0.25, -0.2) is 0 Å². The van der Waals surface area contributed by atoms with Crippen LogP contribution in [0, 0.1) is 0 Å². The SMILES string of the molecule is O=Cc1cc(Br)cn1-c1c(Cl)cccc1Cl. The Bertz CT molecular complexity index is 531. The molecule has 0 aliphatic heterocycles. The molecule has 2 rings (SSSR count). The molecule has 0 atom stereocenters. The minimum absolute atomic E-state index is 0.488. The van der Waals surface area contributed by atoms with E-state index in [4.69, 9.17) is 23.2 Å². The van der Waals surface area contributed by atoms with Crippen LogP contribution in [0.15, 0.2) is 34.9 Å². The van der Waals surface area contributed by atoms with Crippen LogP contribution in [0.2, 0.25) is 10.0 Å². The van der Waals surface area contributed by atoms with Gasteiger partial charge >= 0.3 is 0 Å². The molecule has 1 aromatic heterocycles. The lowest BCUT2D eigenvalue weighted by molar-refractivity contribution is 0.111. The fourth-order valence-electron chi connectivity index (χ4n) is 1.45. The molecule has 1 heterocycles. The van der Waals surface area contributed by atoms with E-state index in [2.05, 4.69) is 15.9 Å². The molecule has 0 spiro atoms. The van der Waals surface area contributed by atoms with E-state index in [1.807, 2.05) is 0 Å². The average Bonchev–Trinajstić information content (AvgIpc) is 2.59. The lowest BCUT2D eigenvalue weighted by Gasteiger charge is -2.09. The van der Waals surface area contributed by atoms with Crippen molar-refractivity contribution in [1.29, 1.82) is 0 Å². The Hall–Kier alpha value is -0.770. The Morgan fingerprint density at radius 3 is 2.44 bits per heavy atom. The smallest absolute Gasteiger partial charge is 0.166 e. The highest BCUT2D eigenvalue weighted by Gasteiger charge is 2.12. The largest absolute Gasteiger partial charge is 0.310 e. The molecule has 2 aromatic rings. The molecule has 0 radical (unpaired) electrons. The van der Waals surface area contributed by atoms with Crippen molar-refractivity contribution >= 4 is 45.4 Å². The predicted molar refractivity (Wildman–Crippen MR) is 68.9 cm³/mol. The predicted octanol–water partition coefficient (Wildman–Crippen LogP) is 4.36. The zero-order chi connectivity index (χ0) is 11.7. The van der Waals surface area contributed by atoms with Crippen LogP contribution in [-0.2, 0) is 0 Å². The Morgan fingerprint density at radius 2 is 1.88 bits per heavy atom. The van der Waals surface area contributed by atoms with Crippen LogP contribution in [0.25, 0.3) is 5.69 Å².